The van der Waals surface area contributed by atoms with Gasteiger partial charge in [-0.25, -0.2) is 4.79 Å². The summed E-state index contributed by atoms with van der Waals surface area (Å²) in [7, 11) is 0. The van der Waals surface area contributed by atoms with Crippen LogP contribution < -0.4 is 5.32 Å². The lowest BCUT2D eigenvalue weighted by Crippen LogP contribution is -2.54. The molecule has 1 heterocycles. The molecule has 5 atom stereocenters. The van der Waals surface area contributed by atoms with Crippen LogP contribution in [0.5, 0.6) is 0 Å². The summed E-state index contributed by atoms with van der Waals surface area (Å²) in [6, 6.07) is 8.07. The Labute approximate surface area is 230 Å². The van der Waals surface area contributed by atoms with Crippen molar-refractivity contribution >= 4 is 35.4 Å². The number of carbonyl (C=O) groups excluding carboxylic acids is 4. The lowest BCUT2D eigenvalue weighted by molar-refractivity contribution is -0.159. The zero-order valence-electron chi connectivity index (χ0n) is 23.2. The number of fused-ring (bicyclic) bond motifs is 1. The molecule has 1 N–H and O–H groups in total. The number of alkyl carbamates (subject to hydrolysis) is 1. The molecule has 1 amide bonds. The molecule has 7 nitrogen and oxygen atoms in total. The lowest BCUT2D eigenvalue weighted by Gasteiger charge is -2.39. The van der Waals surface area contributed by atoms with Gasteiger partial charge in [0, 0.05) is 28.3 Å². The van der Waals surface area contributed by atoms with Gasteiger partial charge in [-0.1, -0.05) is 49.6 Å². The van der Waals surface area contributed by atoms with Crippen molar-refractivity contribution in [1.29, 1.82) is 0 Å². The summed E-state index contributed by atoms with van der Waals surface area (Å²) in [5.74, 6) is -1.60. The Morgan fingerprint density at radius 3 is 2.37 bits per heavy atom. The molecule has 1 aliphatic heterocycles. The Balaban J connectivity index is 1.42. The predicted molar refractivity (Wildman–Crippen MR) is 147 cm³/mol. The van der Waals surface area contributed by atoms with Gasteiger partial charge >= 0.3 is 12.1 Å². The SMILES string of the molecule is CC(C)(C)OC(=O)N[C@@H](C(=O)C[C@@H]1C(=O)C2[C@@H](C(=O)OCC3CCCCC3)C(C)(C)S[C@@H]21)c1ccccc1. The van der Waals surface area contributed by atoms with Crippen LogP contribution in [0.4, 0.5) is 4.79 Å². The van der Waals surface area contributed by atoms with Gasteiger partial charge in [-0.2, -0.15) is 0 Å². The van der Waals surface area contributed by atoms with Gasteiger partial charge in [-0.3, -0.25) is 14.4 Å². The Morgan fingerprint density at radius 1 is 1.08 bits per heavy atom. The number of ketones is 2. The van der Waals surface area contributed by atoms with E-state index in [9.17, 15) is 19.2 Å². The number of nitrogens with one attached hydrogen (secondary N) is 1. The second-order valence-corrected chi connectivity index (χ2v) is 14.3. The van der Waals surface area contributed by atoms with E-state index in [1.165, 1.54) is 19.3 Å². The van der Waals surface area contributed by atoms with Crippen LogP contribution in [0.3, 0.4) is 0 Å². The van der Waals surface area contributed by atoms with Crippen molar-refractivity contribution in [2.24, 2.45) is 23.7 Å². The maximum absolute atomic E-state index is 13.5. The van der Waals surface area contributed by atoms with Crippen LogP contribution in [0.1, 0.15) is 84.7 Å². The first kappa shape index (κ1) is 28.7. The van der Waals surface area contributed by atoms with E-state index in [1.807, 2.05) is 19.9 Å². The van der Waals surface area contributed by atoms with E-state index in [1.54, 1.807) is 56.8 Å². The topological polar surface area (TPSA) is 98.8 Å². The minimum absolute atomic E-state index is 0.00226. The first-order valence-corrected chi connectivity index (χ1v) is 14.7. The Kier molecular flexibility index (Phi) is 8.60. The van der Waals surface area contributed by atoms with Crippen molar-refractivity contribution in [3.8, 4) is 0 Å². The minimum atomic E-state index is -0.923. The van der Waals surface area contributed by atoms with Gasteiger partial charge in [0.2, 0.25) is 0 Å². The van der Waals surface area contributed by atoms with Gasteiger partial charge < -0.3 is 14.8 Å². The number of amides is 1. The van der Waals surface area contributed by atoms with E-state index in [2.05, 4.69) is 5.32 Å². The van der Waals surface area contributed by atoms with E-state index in [0.29, 0.717) is 18.1 Å². The van der Waals surface area contributed by atoms with Gasteiger partial charge in [0.25, 0.3) is 0 Å². The normalized spacial score (nSPS) is 27.6. The van der Waals surface area contributed by atoms with E-state index >= 15 is 0 Å². The van der Waals surface area contributed by atoms with Crippen molar-refractivity contribution < 1.29 is 28.7 Å². The van der Waals surface area contributed by atoms with Gasteiger partial charge in [-0.15, -0.1) is 11.8 Å². The molecular formula is C30H41NO6S. The predicted octanol–water partition coefficient (Wildman–Crippen LogP) is 5.66. The van der Waals surface area contributed by atoms with Gasteiger partial charge in [0.05, 0.1) is 12.5 Å². The summed E-state index contributed by atoms with van der Waals surface area (Å²) in [5.41, 5.74) is -0.0756. The molecule has 1 unspecified atom stereocenters. The summed E-state index contributed by atoms with van der Waals surface area (Å²) in [6.45, 7) is 9.69. The van der Waals surface area contributed by atoms with Crippen LogP contribution in [0.2, 0.25) is 0 Å². The molecule has 1 aromatic rings. The molecular weight excluding hydrogens is 502 g/mol. The number of thioether (sulfide) groups is 1. The number of Topliss-reactive ketones (excluding diaryl/α,β-unsaturated/α-hetero) is 2. The summed E-state index contributed by atoms with van der Waals surface area (Å²) in [6.07, 6.45) is 5.10. The highest BCUT2D eigenvalue weighted by Crippen LogP contribution is 2.61. The summed E-state index contributed by atoms with van der Waals surface area (Å²) >= 11 is 1.61. The molecule has 8 heteroatoms. The molecule has 3 aliphatic rings. The fraction of sp³-hybridized carbons (Fsp3) is 0.667. The Bertz CT molecular complexity index is 1040. The van der Waals surface area contributed by atoms with Crippen LogP contribution >= 0.6 is 11.8 Å². The standard InChI is InChI=1S/C30H41NO6S/c1-29(2,3)37-28(35)31-24(19-14-10-7-11-15-19)21(32)16-20-25(33)22-23(30(4,5)38-26(20)22)27(34)36-17-18-12-8-6-9-13-18/h7,10-11,14-15,18,20,22-24,26H,6,8-9,12-13,16-17H2,1-5H3,(H,31,35)/t20-,22?,23+,24-,26-/m1/s1. The maximum atomic E-state index is 13.5. The highest BCUT2D eigenvalue weighted by Gasteiger charge is 2.66. The molecule has 0 radical (unpaired) electrons. The third kappa shape index (κ3) is 6.44. The van der Waals surface area contributed by atoms with Crippen LogP contribution in [-0.4, -0.2) is 45.8 Å². The van der Waals surface area contributed by atoms with Crippen molar-refractivity contribution in [3.05, 3.63) is 35.9 Å². The van der Waals surface area contributed by atoms with Crippen LogP contribution in [-0.2, 0) is 23.9 Å². The van der Waals surface area contributed by atoms with Gasteiger partial charge in [-0.05, 0) is 58.9 Å². The molecule has 3 fully saturated rings. The molecule has 38 heavy (non-hydrogen) atoms. The largest absolute Gasteiger partial charge is 0.465 e. The van der Waals surface area contributed by atoms with E-state index in [4.69, 9.17) is 9.47 Å². The van der Waals surface area contributed by atoms with Crippen molar-refractivity contribution in [2.75, 3.05) is 6.61 Å². The fourth-order valence-electron chi connectivity index (χ4n) is 6.11. The fourth-order valence-corrected chi connectivity index (χ4v) is 8.04. The molecule has 1 saturated heterocycles. The number of rotatable bonds is 8. The average Bonchev–Trinajstić information content (AvgIpc) is 3.12. The van der Waals surface area contributed by atoms with Crippen LogP contribution in [0.15, 0.2) is 30.3 Å². The zero-order chi connectivity index (χ0) is 27.7. The summed E-state index contributed by atoms with van der Waals surface area (Å²) in [5, 5.41) is 2.59. The average molecular weight is 544 g/mol. The number of esters is 1. The second-order valence-electron chi connectivity index (χ2n) is 12.5. The zero-order valence-corrected chi connectivity index (χ0v) is 24.0. The number of hydrogen-bond donors (Lipinski definition) is 1. The highest BCUT2D eigenvalue weighted by atomic mass is 32.2. The molecule has 0 aromatic heterocycles. The van der Waals surface area contributed by atoms with Crippen molar-refractivity contribution in [2.45, 2.75) is 94.8 Å². The summed E-state index contributed by atoms with van der Waals surface area (Å²) < 4.78 is 10.7. The molecule has 0 spiro atoms. The third-order valence-corrected chi connectivity index (χ3v) is 9.72. The Hall–Kier alpha value is -2.35. The first-order valence-electron chi connectivity index (χ1n) is 13.8. The van der Waals surface area contributed by atoms with Crippen LogP contribution in [0.25, 0.3) is 0 Å². The van der Waals surface area contributed by atoms with E-state index in [-0.39, 0.29) is 29.2 Å². The van der Waals surface area contributed by atoms with Crippen molar-refractivity contribution in [3.63, 3.8) is 0 Å². The van der Waals surface area contributed by atoms with E-state index in [0.717, 1.165) is 12.8 Å². The molecule has 4 rings (SSSR count). The Morgan fingerprint density at radius 2 is 1.74 bits per heavy atom. The minimum Gasteiger partial charge on any atom is -0.465 e. The molecule has 2 saturated carbocycles. The molecule has 1 aromatic carbocycles. The highest BCUT2D eigenvalue weighted by molar-refractivity contribution is 8.01. The van der Waals surface area contributed by atoms with Gasteiger partial charge in [0.1, 0.15) is 17.4 Å². The monoisotopic (exact) mass is 543 g/mol. The van der Waals surface area contributed by atoms with Gasteiger partial charge in [0.15, 0.2) is 5.78 Å². The lowest BCUT2D eigenvalue weighted by atomic mass is 9.63. The number of hydrogen-bond acceptors (Lipinski definition) is 7. The van der Waals surface area contributed by atoms with Crippen molar-refractivity contribution in [1.82, 2.24) is 5.32 Å². The first-order chi connectivity index (χ1) is 17.9. The quantitative estimate of drug-likeness (QED) is 0.422. The smallest absolute Gasteiger partial charge is 0.408 e. The molecule has 2 aliphatic carbocycles. The molecule has 208 valence electrons. The number of ether oxygens (including phenoxy) is 2. The number of carbonyl (C=O) groups is 4. The number of benzene rings is 1. The molecule has 0 bridgehead atoms. The second kappa shape index (κ2) is 11.4. The third-order valence-electron chi connectivity index (χ3n) is 7.97. The van der Waals surface area contributed by atoms with E-state index < -0.39 is 40.2 Å². The summed E-state index contributed by atoms with van der Waals surface area (Å²) in [4.78, 5) is 52.6. The maximum Gasteiger partial charge on any atom is 0.408 e. The van der Waals surface area contributed by atoms with Crippen LogP contribution in [0, 0.1) is 23.7 Å².